The predicted octanol–water partition coefficient (Wildman–Crippen LogP) is 3.70. The number of aromatic nitrogens is 1. The van der Waals surface area contributed by atoms with Crippen molar-refractivity contribution in [3.8, 4) is 28.7 Å². The number of H-pyrrole nitrogens is 1. The van der Waals surface area contributed by atoms with Gasteiger partial charge >= 0.3 is 5.97 Å². The fraction of sp³-hybridized carbons (Fsp3) is 0.278. The molecule has 1 heterocycles. The maximum atomic E-state index is 12.1. The zero-order valence-electron chi connectivity index (χ0n) is 14.8. The van der Waals surface area contributed by atoms with Gasteiger partial charge in [0.1, 0.15) is 11.6 Å². The first-order valence-corrected chi connectivity index (χ1v) is 9.41. The van der Waals surface area contributed by atoms with Crippen LogP contribution in [0.1, 0.15) is 18.2 Å². The number of methoxy groups -OCH3 is 1. The van der Waals surface area contributed by atoms with Crippen LogP contribution in [0.5, 0.6) is 11.5 Å². The quantitative estimate of drug-likeness (QED) is 0.608. The number of rotatable bonds is 6. The Bertz CT molecular complexity index is 979. The van der Waals surface area contributed by atoms with E-state index in [9.17, 15) is 14.9 Å². The maximum absolute atomic E-state index is 12.1. The lowest BCUT2D eigenvalue weighted by Gasteiger charge is -2.17. The van der Waals surface area contributed by atoms with Crippen molar-refractivity contribution in [3.63, 3.8) is 0 Å². The Morgan fingerprint density at radius 3 is 2.52 bits per heavy atom. The van der Waals surface area contributed by atoms with Crippen molar-refractivity contribution >= 4 is 37.8 Å². The number of benzene rings is 1. The van der Waals surface area contributed by atoms with E-state index in [1.54, 1.807) is 26.0 Å². The summed E-state index contributed by atoms with van der Waals surface area (Å²) in [6.45, 7) is 3.58. The number of nitriles is 1. The summed E-state index contributed by atoms with van der Waals surface area (Å²) in [6, 6.07) is 5.30. The van der Waals surface area contributed by atoms with E-state index in [0.717, 1.165) is 0 Å². The van der Waals surface area contributed by atoms with Gasteiger partial charge in [0.2, 0.25) is 0 Å². The average molecular weight is 500 g/mol. The van der Waals surface area contributed by atoms with E-state index in [1.165, 1.54) is 7.11 Å². The molecule has 0 fully saturated rings. The van der Waals surface area contributed by atoms with Crippen LogP contribution in [0, 0.1) is 18.3 Å². The lowest BCUT2D eigenvalue weighted by atomic mass is 10.0. The highest BCUT2D eigenvalue weighted by Crippen LogP contribution is 2.46. The Labute approximate surface area is 172 Å². The van der Waals surface area contributed by atoms with E-state index in [1.807, 2.05) is 6.07 Å². The molecule has 0 atom stereocenters. The van der Waals surface area contributed by atoms with Gasteiger partial charge in [-0.1, -0.05) is 0 Å². The molecular weight excluding hydrogens is 484 g/mol. The number of hydrogen-bond donors (Lipinski definition) is 1. The SMILES string of the molecule is CCOc1cc(-c2cc(C)[nH]c(=O)c2C#N)c(Br)c(Br)c1OCC(=O)OC. The number of pyridine rings is 1. The molecule has 0 spiro atoms. The van der Waals surface area contributed by atoms with E-state index in [2.05, 4.69) is 41.6 Å². The molecule has 9 heteroatoms. The van der Waals surface area contributed by atoms with E-state index >= 15 is 0 Å². The molecule has 0 amide bonds. The Balaban J connectivity index is 2.69. The minimum Gasteiger partial charge on any atom is -0.490 e. The molecule has 0 saturated carbocycles. The molecule has 2 aromatic rings. The zero-order valence-corrected chi connectivity index (χ0v) is 18.0. The molecule has 0 radical (unpaired) electrons. The summed E-state index contributed by atoms with van der Waals surface area (Å²) in [5.41, 5.74) is 1.15. The molecule has 7 nitrogen and oxygen atoms in total. The van der Waals surface area contributed by atoms with Crippen LogP contribution in [0.4, 0.5) is 0 Å². The number of esters is 1. The van der Waals surface area contributed by atoms with E-state index < -0.39 is 11.5 Å². The third-order valence-corrected chi connectivity index (χ3v) is 5.67. The highest BCUT2D eigenvalue weighted by molar-refractivity contribution is 9.13. The standard InChI is InChI=1S/C18H16Br2N2O5/c1-4-26-13-6-11(10-5-9(2)22-18(24)12(10)7-21)15(19)16(20)17(13)27-8-14(23)25-3/h5-6H,4,8H2,1-3H3,(H,22,24). The second kappa shape index (κ2) is 9.06. The van der Waals surface area contributed by atoms with E-state index in [0.29, 0.717) is 43.9 Å². The van der Waals surface area contributed by atoms with Crippen molar-refractivity contribution in [2.24, 2.45) is 0 Å². The molecule has 1 aromatic heterocycles. The Kier molecular flexibility index (Phi) is 7.05. The molecule has 27 heavy (non-hydrogen) atoms. The van der Waals surface area contributed by atoms with Gasteiger partial charge in [-0.15, -0.1) is 0 Å². The monoisotopic (exact) mass is 498 g/mol. The summed E-state index contributed by atoms with van der Waals surface area (Å²) < 4.78 is 16.8. The summed E-state index contributed by atoms with van der Waals surface area (Å²) in [7, 11) is 1.27. The van der Waals surface area contributed by atoms with Crippen LogP contribution in [0.2, 0.25) is 0 Å². The first-order valence-electron chi connectivity index (χ1n) is 7.82. The second-order valence-corrected chi connectivity index (χ2v) is 6.95. The number of carbonyl (C=O) groups is 1. The molecule has 0 saturated heterocycles. The predicted molar refractivity (Wildman–Crippen MR) is 106 cm³/mol. The summed E-state index contributed by atoms with van der Waals surface area (Å²) in [5, 5.41) is 9.41. The normalized spacial score (nSPS) is 10.2. The zero-order chi connectivity index (χ0) is 20.1. The highest BCUT2D eigenvalue weighted by Gasteiger charge is 2.22. The molecular formula is C18H16Br2N2O5. The van der Waals surface area contributed by atoms with Crippen molar-refractivity contribution in [1.82, 2.24) is 4.98 Å². The van der Waals surface area contributed by atoms with Gasteiger partial charge in [-0.3, -0.25) is 4.79 Å². The second-order valence-electron chi connectivity index (χ2n) is 5.36. The number of aryl methyl sites for hydroxylation is 1. The third kappa shape index (κ3) is 4.51. The number of aromatic amines is 1. The Morgan fingerprint density at radius 2 is 1.93 bits per heavy atom. The number of nitrogens with zero attached hydrogens (tertiary/aromatic N) is 1. The first kappa shape index (κ1) is 21.0. The summed E-state index contributed by atoms with van der Waals surface area (Å²) in [4.78, 5) is 26.2. The van der Waals surface area contributed by atoms with Crippen LogP contribution in [0.3, 0.4) is 0 Å². The van der Waals surface area contributed by atoms with Gasteiger partial charge in [-0.25, -0.2) is 4.79 Å². The Morgan fingerprint density at radius 1 is 1.22 bits per heavy atom. The molecule has 2 rings (SSSR count). The van der Waals surface area contributed by atoms with Gasteiger partial charge in [0.25, 0.3) is 5.56 Å². The van der Waals surface area contributed by atoms with Crippen LogP contribution in [-0.2, 0) is 9.53 Å². The molecule has 0 bridgehead atoms. The van der Waals surface area contributed by atoms with Gasteiger partial charge in [0.15, 0.2) is 18.1 Å². The molecule has 0 aliphatic heterocycles. The van der Waals surface area contributed by atoms with Crippen molar-refractivity contribution in [2.45, 2.75) is 13.8 Å². The largest absolute Gasteiger partial charge is 0.490 e. The summed E-state index contributed by atoms with van der Waals surface area (Å²) in [5.74, 6) is 0.118. The number of ether oxygens (including phenoxy) is 3. The van der Waals surface area contributed by atoms with Gasteiger partial charge in [0.05, 0.1) is 18.2 Å². The van der Waals surface area contributed by atoms with Crippen LogP contribution in [-0.4, -0.2) is 31.3 Å². The van der Waals surface area contributed by atoms with Crippen molar-refractivity contribution < 1.29 is 19.0 Å². The lowest BCUT2D eigenvalue weighted by molar-refractivity contribution is -0.142. The van der Waals surface area contributed by atoms with Gasteiger partial charge < -0.3 is 19.2 Å². The van der Waals surface area contributed by atoms with Crippen molar-refractivity contribution in [2.75, 3.05) is 20.3 Å². The van der Waals surface area contributed by atoms with E-state index in [-0.39, 0.29) is 12.2 Å². The molecule has 0 unspecified atom stereocenters. The third-order valence-electron chi connectivity index (χ3n) is 3.56. The Hall–Kier alpha value is -2.31. The molecule has 142 valence electrons. The fourth-order valence-corrected chi connectivity index (χ4v) is 3.41. The average Bonchev–Trinajstić information content (AvgIpc) is 2.63. The van der Waals surface area contributed by atoms with Crippen LogP contribution < -0.4 is 15.0 Å². The van der Waals surface area contributed by atoms with Crippen LogP contribution in [0.15, 0.2) is 25.9 Å². The molecule has 1 N–H and O–H groups in total. The lowest BCUT2D eigenvalue weighted by Crippen LogP contribution is -2.14. The highest BCUT2D eigenvalue weighted by atomic mass is 79.9. The smallest absolute Gasteiger partial charge is 0.343 e. The first-order chi connectivity index (χ1) is 12.8. The summed E-state index contributed by atoms with van der Waals surface area (Å²) >= 11 is 6.90. The minimum atomic E-state index is -0.540. The number of hydrogen-bond acceptors (Lipinski definition) is 6. The van der Waals surface area contributed by atoms with Gasteiger partial charge in [-0.2, -0.15) is 5.26 Å². The molecule has 0 aliphatic rings. The van der Waals surface area contributed by atoms with Crippen molar-refractivity contribution in [3.05, 3.63) is 42.7 Å². The molecule has 0 aliphatic carbocycles. The van der Waals surface area contributed by atoms with Crippen LogP contribution >= 0.6 is 31.9 Å². The van der Waals surface area contributed by atoms with Gasteiger partial charge in [-0.05, 0) is 57.8 Å². The van der Waals surface area contributed by atoms with E-state index in [4.69, 9.17) is 9.47 Å². The summed E-state index contributed by atoms with van der Waals surface area (Å²) in [6.07, 6.45) is 0. The number of halogens is 2. The topological polar surface area (TPSA) is 101 Å². The number of carbonyl (C=O) groups excluding carboxylic acids is 1. The molecule has 1 aromatic carbocycles. The maximum Gasteiger partial charge on any atom is 0.343 e. The van der Waals surface area contributed by atoms with Crippen LogP contribution in [0.25, 0.3) is 11.1 Å². The fourth-order valence-electron chi connectivity index (χ4n) is 2.38. The van der Waals surface area contributed by atoms with Crippen molar-refractivity contribution in [1.29, 1.82) is 5.26 Å². The number of nitrogens with one attached hydrogen (secondary N) is 1. The minimum absolute atomic E-state index is 0.0149. The van der Waals surface area contributed by atoms with Gasteiger partial charge in [0, 0.05) is 21.3 Å².